The van der Waals surface area contributed by atoms with E-state index in [1.165, 1.54) is 0 Å². The van der Waals surface area contributed by atoms with Crippen LogP contribution in [-0.4, -0.2) is 41.6 Å². The highest BCUT2D eigenvalue weighted by Gasteiger charge is 2.24. The molecule has 1 aromatic rings. The molecular weight excluding hydrogens is 306 g/mol. The molecule has 1 saturated heterocycles. The smallest absolute Gasteiger partial charge is 0.303 e. The Hall–Kier alpha value is -2.04. The second kappa shape index (κ2) is 9.30. The van der Waals surface area contributed by atoms with Crippen LogP contribution in [-0.2, 0) is 16.0 Å². The second-order valence-electron chi connectivity index (χ2n) is 6.32. The summed E-state index contributed by atoms with van der Waals surface area (Å²) in [6.07, 6.45) is 3.97. The number of hydrogen-bond donors (Lipinski definition) is 1. The van der Waals surface area contributed by atoms with E-state index in [2.05, 4.69) is 0 Å². The molecule has 0 saturated carbocycles. The summed E-state index contributed by atoms with van der Waals surface area (Å²) in [5.74, 6) is 0.563. The Balaban J connectivity index is 1.84. The number of piperidine rings is 1. The molecule has 0 spiro atoms. The first-order valence-corrected chi connectivity index (χ1v) is 8.80. The van der Waals surface area contributed by atoms with Crippen LogP contribution < -0.4 is 4.74 Å². The number of amides is 1. The Labute approximate surface area is 143 Å². The maximum absolute atomic E-state index is 12.5. The third-order valence-electron chi connectivity index (χ3n) is 4.52. The number of para-hydroxylation sites is 1. The molecule has 5 nitrogen and oxygen atoms in total. The van der Waals surface area contributed by atoms with Gasteiger partial charge in [-0.15, -0.1) is 0 Å². The number of aliphatic carboxylic acids is 1. The molecule has 0 unspecified atom stereocenters. The lowest BCUT2D eigenvalue weighted by Crippen LogP contribution is -2.40. The van der Waals surface area contributed by atoms with Gasteiger partial charge in [0.25, 0.3) is 0 Å². The van der Waals surface area contributed by atoms with Gasteiger partial charge >= 0.3 is 5.97 Å². The summed E-state index contributed by atoms with van der Waals surface area (Å²) >= 11 is 0. The van der Waals surface area contributed by atoms with E-state index < -0.39 is 5.97 Å². The molecule has 1 N–H and O–H groups in total. The highest BCUT2D eigenvalue weighted by Crippen LogP contribution is 2.23. The van der Waals surface area contributed by atoms with E-state index >= 15 is 0 Å². The van der Waals surface area contributed by atoms with Crippen LogP contribution in [0.25, 0.3) is 0 Å². The van der Waals surface area contributed by atoms with Gasteiger partial charge in [0.15, 0.2) is 0 Å². The number of carboxylic acid groups (broad SMARTS) is 1. The summed E-state index contributed by atoms with van der Waals surface area (Å²) in [4.78, 5) is 25.1. The average molecular weight is 333 g/mol. The first-order valence-electron chi connectivity index (χ1n) is 8.80. The molecule has 0 radical (unpaired) electrons. The van der Waals surface area contributed by atoms with E-state index in [1.54, 1.807) is 0 Å². The van der Waals surface area contributed by atoms with Crippen LogP contribution in [0.3, 0.4) is 0 Å². The summed E-state index contributed by atoms with van der Waals surface area (Å²) in [7, 11) is 0. The minimum atomic E-state index is -0.758. The number of carbonyl (C=O) groups is 2. The summed E-state index contributed by atoms with van der Waals surface area (Å²) in [6.45, 7) is 4.05. The molecule has 132 valence electrons. The SMILES string of the molecule is CCOc1ccccc1CCC(=O)N1CCC[C@@H](CCC(=O)O)C1. The van der Waals surface area contributed by atoms with Crippen LogP contribution in [0.4, 0.5) is 0 Å². The molecule has 5 heteroatoms. The fourth-order valence-electron chi connectivity index (χ4n) is 3.26. The number of carbonyl (C=O) groups excluding carboxylic acids is 1. The zero-order valence-electron chi connectivity index (χ0n) is 14.4. The van der Waals surface area contributed by atoms with Crippen molar-refractivity contribution in [3.05, 3.63) is 29.8 Å². The van der Waals surface area contributed by atoms with Gasteiger partial charge in [-0.05, 0) is 50.2 Å². The Morgan fingerprint density at radius 1 is 1.29 bits per heavy atom. The van der Waals surface area contributed by atoms with Gasteiger partial charge in [-0.25, -0.2) is 0 Å². The molecule has 2 rings (SSSR count). The fourth-order valence-corrected chi connectivity index (χ4v) is 3.26. The number of rotatable bonds is 8. The van der Waals surface area contributed by atoms with Crippen molar-refractivity contribution in [2.45, 2.75) is 45.4 Å². The predicted octanol–water partition coefficient (Wildman–Crippen LogP) is 3.12. The molecule has 1 aromatic carbocycles. The van der Waals surface area contributed by atoms with Crippen LogP contribution in [0.2, 0.25) is 0 Å². The molecule has 1 aliphatic rings. The molecule has 1 heterocycles. The minimum Gasteiger partial charge on any atom is -0.494 e. The van der Waals surface area contributed by atoms with E-state index in [-0.39, 0.29) is 12.3 Å². The van der Waals surface area contributed by atoms with Gasteiger partial charge in [-0.1, -0.05) is 18.2 Å². The first kappa shape index (κ1) is 18.3. The van der Waals surface area contributed by atoms with Crippen molar-refractivity contribution in [1.82, 2.24) is 4.90 Å². The molecular formula is C19H27NO4. The van der Waals surface area contributed by atoms with Crippen molar-refractivity contribution in [3.8, 4) is 5.75 Å². The van der Waals surface area contributed by atoms with Crippen molar-refractivity contribution >= 4 is 11.9 Å². The topological polar surface area (TPSA) is 66.8 Å². The van der Waals surface area contributed by atoms with Gasteiger partial charge in [0, 0.05) is 25.9 Å². The number of hydrogen-bond acceptors (Lipinski definition) is 3. The van der Waals surface area contributed by atoms with Gasteiger partial charge in [0.1, 0.15) is 5.75 Å². The summed E-state index contributed by atoms with van der Waals surface area (Å²) in [5.41, 5.74) is 1.06. The van der Waals surface area contributed by atoms with E-state index in [0.29, 0.717) is 38.3 Å². The third-order valence-corrected chi connectivity index (χ3v) is 4.52. The van der Waals surface area contributed by atoms with Crippen molar-refractivity contribution in [1.29, 1.82) is 0 Å². The van der Waals surface area contributed by atoms with E-state index in [0.717, 1.165) is 30.7 Å². The summed E-state index contributed by atoms with van der Waals surface area (Å²) in [5, 5.41) is 8.81. The van der Waals surface area contributed by atoms with Gasteiger partial charge < -0.3 is 14.7 Å². The Kier molecular flexibility index (Phi) is 7.09. The zero-order chi connectivity index (χ0) is 17.4. The second-order valence-corrected chi connectivity index (χ2v) is 6.32. The lowest BCUT2D eigenvalue weighted by atomic mass is 9.93. The maximum atomic E-state index is 12.5. The van der Waals surface area contributed by atoms with Gasteiger partial charge in [-0.2, -0.15) is 0 Å². The minimum absolute atomic E-state index is 0.154. The number of nitrogens with zero attached hydrogens (tertiary/aromatic N) is 1. The number of ether oxygens (including phenoxy) is 1. The normalized spacial score (nSPS) is 17.5. The Bertz CT molecular complexity index is 558. The Morgan fingerprint density at radius 3 is 2.83 bits per heavy atom. The van der Waals surface area contributed by atoms with Crippen molar-refractivity contribution in [3.63, 3.8) is 0 Å². The highest BCUT2D eigenvalue weighted by molar-refractivity contribution is 5.76. The van der Waals surface area contributed by atoms with Crippen LogP contribution in [0.1, 0.15) is 44.6 Å². The van der Waals surface area contributed by atoms with Crippen LogP contribution >= 0.6 is 0 Å². The molecule has 0 aromatic heterocycles. The lowest BCUT2D eigenvalue weighted by Gasteiger charge is -2.32. The molecule has 1 aliphatic heterocycles. The fraction of sp³-hybridized carbons (Fsp3) is 0.579. The quantitative estimate of drug-likeness (QED) is 0.794. The van der Waals surface area contributed by atoms with E-state index in [9.17, 15) is 9.59 Å². The molecule has 1 amide bonds. The third kappa shape index (κ3) is 5.55. The van der Waals surface area contributed by atoms with Gasteiger partial charge in [0.2, 0.25) is 5.91 Å². The van der Waals surface area contributed by atoms with Gasteiger partial charge in [-0.3, -0.25) is 9.59 Å². The van der Waals surface area contributed by atoms with Crippen LogP contribution in [0.15, 0.2) is 24.3 Å². The standard InChI is InChI=1S/C19H27NO4/c1-2-24-17-8-4-3-7-16(17)10-11-18(21)20-13-5-6-15(14-20)9-12-19(22)23/h3-4,7-8,15H,2,5-6,9-14H2,1H3,(H,22,23)/t15-/m0/s1. The number of benzene rings is 1. The van der Waals surface area contributed by atoms with Gasteiger partial charge in [0.05, 0.1) is 6.61 Å². The largest absolute Gasteiger partial charge is 0.494 e. The van der Waals surface area contributed by atoms with E-state index in [1.807, 2.05) is 36.1 Å². The predicted molar refractivity (Wildman–Crippen MR) is 92.1 cm³/mol. The first-order chi connectivity index (χ1) is 11.6. The zero-order valence-corrected chi connectivity index (χ0v) is 14.4. The van der Waals surface area contributed by atoms with Crippen LogP contribution in [0, 0.1) is 5.92 Å². The highest BCUT2D eigenvalue weighted by atomic mass is 16.5. The number of likely N-dealkylation sites (tertiary alicyclic amines) is 1. The lowest BCUT2D eigenvalue weighted by molar-refractivity contribution is -0.137. The van der Waals surface area contributed by atoms with Crippen molar-refractivity contribution in [2.75, 3.05) is 19.7 Å². The van der Waals surface area contributed by atoms with Crippen molar-refractivity contribution in [2.24, 2.45) is 5.92 Å². The molecule has 1 fully saturated rings. The van der Waals surface area contributed by atoms with Crippen molar-refractivity contribution < 1.29 is 19.4 Å². The molecule has 1 atom stereocenters. The summed E-state index contributed by atoms with van der Waals surface area (Å²) in [6, 6.07) is 7.84. The molecule has 24 heavy (non-hydrogen) atoms. The van der Waals surface area contributed by atoms with Crippen LogP contribution in [0.5, 0.6) is 5.75 Å². The van der Waals surface area contributed by atoms with E-state index in [4.69, 9.17) is 9.84 Å². The number of carboxylic acids is 1. The Morgan fingerprint density at radius 2 is 2.08 bits per heavy atom. The molecule has 0 aliphatic carbocycles. The average Bonchev–Trinajstić information content (AvgIpc) is 2.59. The number of aryl methyl sites for hydroxylation is 1. The monoisotopic (exact) mass is 333 g/mol. The molecule has 0 bridgehead atoms. The maximum Gasteiger partial charge on any atom is 0.303 e. The summed E-state index contributed by atoms with van der Waals surface area (Å²) < 4.78 is 5.61.